The Kier molecular flexibility index (Phi) is 9.70. The van der Waals surface area contributed by atoms with Crippen molar-refractivity contribution < 1.29 is 14.6 Å². The number of aromatic nitrogens is 1. The van der Waals surface area contributed by atoms with Crippen molar-refractivity contribution in [3.05, 3.63) is 71.9 Å². The van der Waals surface area contributed by atoms with Crippen molar-refractivity contribution in [3.63, 3.8) is 0 Å². The molecular formula is C30H40N2O3. The van der Waals surface area contributed by atoms with Gasteiger partial charge in [-0.1, -0.05) is 45.9 Å². The van der Waals surface area contributed by atoms with Crippen LogP contribution in [0.4, 0.5) is 0 Å². The first kappa shape index (κ1) is 26.7. The van der Waals surface area contributed by atoms with Gasteiger partial charge in [0.05, 0.1) is 12.7 Å². The maximum Gasteiger partial charge on any atom is 0.185 e. The van der Waals surface area contributed by atoms with E-state index in [9.17, 15) is 9.90 Å². The number of fused-ring (bicyclic) bond motifs is 1. The fourth-order valence-corrected chi connectivity index (χ4v) is 4.54. The van der Waals surface area contributed by atoms with E-state index in [1.807, 2.05) is 43.5 Å². The Labute approximate surface area is 210 Å². The molecule has 2 aromatic carbocycles. The number of carbonyl (C=O) groups is 1. The summed E-state index contributed by atoms with van der Waals surface area (Å²) < 4.78 is 7.56. The monoisotopic (exact) mass is 476 g/mol. The SMILES string of the molecule is CCOc1ccc(C(=O)/C=C/c2cn(C[C@@H](O)CN(CC(C)C)CC(C)C)c3ccccc23)cc1. The van der Waals surface area contributed by atoms with Crippen molar-refractivity contribution in [2.75, 3.05) is 26.2 Å². The maximum absolute atomic E-state index is 12.7. The summed E-state index contributed by atoms with van der Waals surface area (Å²) in [5.41, 5.74) is 2.64. The Hall–Kier alpha value is -2.89. The van der Waals surface area contributed by atoms with E-state index in [0.29, 0.717) is 37.1 Å². The summed E-state index contributed by atoms with van der Waals surface area (Å²) in [6.45, 7) is 14.5. The molecule has 0 aliphatic rings. The number of rotatable bonds is 13. The first-order valence-corrected chi connectivity index (χ1v) is 12.7. The molecule has 0 bridgehead atoms. The van der Waals surface area contributed by atoms with E-state index >= 15 is 0 Å². The van der Waals surface area contributed by atoms with E-state index in [1.165, 1.54) is 0 Å². The minimum atomic E-state index is -0.481. The summed E-state index contributed by atoms with van der Waals surface area (Å²) >= 11 is 0. The van der Waals surface area contributed by atoms with Crippen LogP contribution in [-0.2, 0) is 6.54 Å². The molecule has 3 aromatic rings. The van der Waals surface area contributed by atoms with Gasteiger partial charge in [-0.05, 0) is 61.2 Å². The van der Waals surface area contributed by atoms with Gasteiger partial charge in [0.25, 0.3) is 0 Å². The van der Waals surface area contributed by atoms with Gasteiger partial charge in [0.1, 0.15) is 5.75 Å². The lowest BCUT2D eigenvalue weighted by Gasteiger charge is -2.28. The zero-order valence-corrected chi connectivity index (χ0v) is 21.8. The molecule has 1 N–H and O–H groups in total. The van der Waals surface area contributed by atoms with Crippen LogP contribution in [0.3, 0.4) is 0 Å². The summed E-state index contributed by atoms with van der Waals surface area (Å²) in [5, 5.41) is 12.0. The topological polar surface area (TPSA) is 54.7 Å². The summed E-state index contributed by atoms with van der Waals surface area (Å²) in [6.07, 6.45) is 5.04. The van der Waals surface area contributed by atoms with Crippen LogP contribution < -0.4 is 4.74 Å². The maximum atomic E-state index is 12.7. The number of allylic oxidation sites excluding steroid dienone is 1. The van der Waals surface area contributed by atoms with Crippen molar-refractivity contribution in [2.45, 2.75) is 47.3 Å². The van der Waals surface area contributed by atoms with E-state index in [-0.39, 0.29) is 5.78 Å². The molecule has 1 aromatic heterocycles. The molecule has 5 heteroatoms. The normalized spacial score (nSPS) is 12.9. The molecule has 0 unspecified atom stereocenters. The number of carbonyl (C=O) groups excluding carboxylic acids is 1. The highest BCUT2D eigenvalue weighted by atomic mass is 16.5. The van der Waals surface area contributed by atoms with Gasteiger partial charge < -0.3 is 19.3 Å². The van der Waals surface area contributed by atoms with Crippen LogP contribution in [0.2, 0.25) is 0 Å². The summed E-state index contributed by atoms with van der Waals surface area (Å²) in [4.78, 5) is 15.1. The van der Waals surface area contributed by atoms with E-state index < -0.39 is 6.10 Å². The number of aliphatic hydroxyl groups excluding tert-OH is 1. The van der Waals surface area contributed by atoms with Crippen LogP contribution in [0.25, 0.3) is 17.0 Å². The Morgan fingerprint density at radius 2 is 1.66 bits per heavy atom. The molecule has 0 amide bonds. The smallest absolute Gasteiger partial charge is 0.185 e. The fraction of sp³-hybridized carbons (Fsp3) is 0.433. The summed E-state index contributed by atoms with van der Waals surface area (Å²) in [7, 11) is 0. The minimum Gasteiger partial charge on any atom is -0.494 e. The second-order valence-electron chi connectivity index (χ2n) is 10.1. The quantitative estimate of drug-likeness (QED) is 0.246. The molecular weight excluding hydrogens is 436 g/mol. The minimum absolute atomic E-state index is 0.0528. The van der Waals surface area contributed by atoms with Crippen LogP contribution in [-0.4, -0.2) is 52.7 Å². The lowest BCUT2D eigenvalue weighted by molar-refractivity contribution is 0.0869. The van der Waals surface area contributed by atoms with Crippen LogP contribution in [0.5, 0.6) is 5.75 Å². The highest BCUT2D eigenvalue weighted by Crippen LogP contribution is 2.23. The third-order valence-electron chi connectivity index (χ3n) is 5.81. The number of ketones is 1. The molecule has 0 aliphatic carbocycles. The Bertz CT molecular complexity index is 1100. The number of aliphatic hydroxyl groups is 1. The van der Waals surface area contributed by atoms with E-state index in [2.05, 4.69) is 49.3 Å². The van der Waals surface area contributed by atoms with Crippen LogP contribution in [0, 0.1) is 11.8 Å². The largest absolute Gasteiger partial charge is 0.494 e. The molecule has 0 radical (unpaired) electrons. The van der Waals surface area contributed by atoms with Gasteiger partial charge in [0.2, 0.25) is 0 Å². The molecule has 0 saturated heterocycles. The fourth-order valence-electron chi connectivity index (χ4n) is 4.54. The van der Waals surface area contributed by atoms with Crippen molar-refractivity contribution in [3.8, 4) is 5.75 Å². The number of nitrogens with zero attached hydrogens (tertiary/aromatic N) is 2. The van der Waals surface area contributed by atoms with Gasteiger partial charge in [-0.25, -0.2) is 0 Å². The van der Waals surface area contributed by atoms with Crippen molar-refractivity contribution in [1.82, 2.24) is 9.47 Å². The zero-order valence-electron chi connectivity index (χ0n) is 21.8. The Balaban J connectivity index is 1.75. The van der Waals surface area contributed by atoms with Crippen LogP contribution >= 0.6 is 0 Å². The third-order valence-corrected chi connectivity index (χ3v) is 5.81. The van der Waals surface area contributed by atoms with Crippen molar-refractivity contribution in [2.24, 2.45) is 11.8 Å². The number of hydrogen-bond acceptors (Lipinski definition) is 4. The van der Waals surface area contributed by atoms with E-state index in [1.54, 1.807) is 18.2 Å². The number of hydrogen-bond donors (Lipinski definition) is 1. The summed E-state index contributed by atoms with van der Waals surface area (Å²) in [5.74, 6) is 1.81. The van der Waals surface area contributed by atoms with Gasteiger partial charge in [0, 0.05) is 54.4 Å². The van der Waals surface area contributed by atoms with E-state index in [4.69, 9.17) is 4.74 Å². The molecule has 5 nitrogen and oxygen atoms in total. The number of para-hydroxylation sites is 1. The third kappa shape index (κ3) is 7.81. The average molecular weight is 477 g/mol. The first-order valence-electron chi connectivity index (χ1n) is 12.7. The number of ether oxygens (including phenoxy) is 1. The van der Waals surface area contributed by atoms with Gasteiger partial charge in [-0.15, -0.1) is 0 Å². The van der Waals surface area contributed by atoms with Crippen molar-refractivity contribution >= 4 is 22.8 Å². The molecule has 0 saturated carbocycles. The van der Waals surface area contributed by atoms with Crippen LogP contribution in [0.1, 0.15) is 50.5 Å². The molecule has 0 aliphatic heterocycles. The zero-order chi connectivity index (χ0) is 25.4. The molecule has 3 rings (SSSR count). The van der Waals surface area contributed by atoms with Gasteiger partial charge in [-0.2, -0.15) is 0 Å². The summed E-state index contributed by atoms with van der Waals surface area (Å²) in [6, 6.07) is 15.3. The Morgan fingerprint density at radius 1 is 1.00 bits per heavy atom. The molecule has 35 heavy (non-hydrogen) atoms. The average Bonchev–Trinajstić information content (AvgIpc) is 3.14. The molecule has 0 fully saturated rings. The second-order valence-corrected chi connectivity index (χ2v) is 10.1. The van der Waals surface area contributed by atoms with Gasteiger partial charge >= 0.3 is 0 Å². The number of benzene rings is 2. The predicted molar refractivity (Wildman–Crippen MR) is 145 cm³/mol. The van der Waals surface area contributed by atoms with Gasteiger partial charge in [0.15, 0.2) is 5.78 Å². The van der Waals surface area contributed by atoms with Crippen molar-refractivity contribution in [1.29, 1.82) is 0 Å². The predicted octanol–water partition coefficient (Wildman–Crippen LogP) is 5.91. The standard InChI is InChI=1S/C30H40N2O3/c1-6-35-27-14-11-24(12-15-27)30(34)16-13-25-19-32(29-10-8-7-9-28(25)29)21-26(33)20-31(17-22(2)3)18-23(4)5/h7-16,19,22-23,26,33H,6,17-18,20-21H2,1-5H3/b16-13+/t26-/m0/s1. The van der Waals surface area contributed by atoms with Gasteiger partial charge in [-0.3, -0.25) is 4.79 Å². The molecule has 1 atom stereocenters. The lowest BCUT2D eigenvalue weighted by atomic mass is 10.1. The molecule has 188 valence electrons. The highest BCUT2D eigenvalue weighted by molar-refractivity contribution is 6.07. The van der Waals surface area contributed by atoms with E-state index in [0.717, 1.165) is 35.3 Å². The molecule has 0 spiro atoms. The Morgan fingerprint density at radius 3 is 2.29 bits per heavy atom. The highest BCUT2D eigenvalue weighted by Gasteiger charge is 2.16. The van der Waals surface area contributed by atoms with Crippen LogP contribution in [0.15, 0.2) is 60.8 Å². The molecule has 1 heterocycles. The second kappa shape index (κ2) is 12.7. The first-order chi connectivity index (χ1) is 16.8. The lowest BCUT2D eigenvalue weighted by Crippen LogP contribution is -2.39.